The lowest BCUT2D eigenvalue weighted by atomic mass is 9.77. The maximum atomic E-state index is 14.4. The van der Waals surface area contributed by atoms with Crippen LogP contribution in [0.3, 0.4) is 0 Å². The lowest BCUT2D eigenvalue weighted by Gasteiger charge is -2.46. The van der Waals surface area contributed by atoms with Crippen molar-refractivity contribution in [3.63, 3.8) is 0 Å². The van der Waals surface area contributed by atoms with Gasteiger partial charge in [-0.3, -0.25) is 9.59 Å². The number of carbonyl (C=O) groups excluding carboxylic acids is 3. The van der Waals surface area contributed by atoms with Gasteiger partial charge in [0.05, 0.1) is 30.6 Å². The van der Waals surface area contributed by atoms with Crippen LogP contribution >= 0.6 is 0 Å². The molecule has 4 amide bonds. The van der Waals surface area contributed by atoms with Crippen molar-refractivity contribution >= 4 is 24.0 Å². The van der Waals surface area contributed by atoms with Crippen LogP contribution in [-0.4, -0.2) is 96.0 Å². The first-order valence-corrected chi connectivity index (χ1v) is 21.3. The molecular weight excluding hydrogens is 787 g/mol. The first kappa shape index (κ1) is 43.3. The zero-order valence-corrected chi connectivity index (χ0v) is 35.3. The molecule has 1 saturated carbocycles. The second-order valence-electron chi connectivity index (χ2n) is 17.5. The summed E-state index contributed by atoms with van der Waals surface area (Å²) in [6.07, 6.45) is 4.22. The Morgan fingerprint density at radius 1 is 0.787 bits per heavy atom. The number of imidazole rings is 2. The highest BCUT2D eigenvalue weighted by Crippen LogP contribution is 2.52. The molecule has 5 N–H and O–H groups in total. The quantitative estimate of drug-likeness (QED) is 0.0940. The predicted molar refractivity (Wildman–Crippen MR) is 224 cm³/mol. The van der Waals surface area contributed by atoms with Crippen molar-refractivity contribution in [2.75, 3.05) is 13.7 Å². The molecule has 2 aromatic carbocycles. The number of nitrogens with one attached hydrogen (secondary N) is 4. The number of nitrogens with zero attached hydrogens (tertiary/aromatic N) is 4. The van der Waals surface area contributed by atoms with E-state index in [0.717, 1.165) is 40.8 Å². The first-order valence-electron chi connectivity index (χ1n) is 21.3. The van der Waals surface area contributed by atoms with Crippen LogP contribution in [0.1, 0.15) is 109 Å². The molecule has 3 fully saturated rings. The van der Waals surface area contributed by atoms with Crippen molar-refractivity contribution in [3.05, 3.63) is 72.6 Å². The molecule has 0 radical (unpaired) electrons. The van der Waals surface area contributed by atoms with Crippen molar-refractivity contribution in [1.82, 2.24) is 40.4 Å². The van der Waals surface area contributed by atoms with Gasteiger partial charge in [0, 0.05) is 48.4 Å². The maximum Gasteiger partial charge on any atom is 0.407 e. The monoisotopic (exact) mass is 842 g/mol. The largest absolute Gasteiger partial charge is 0.465 e. The number of H-pyrrole nitrogens is 2. The van der Waals surface area contributed by atoms with Crippen molar-refractivity contribution < 1.29 is 37.8 Å². The summed E-state index contributed by atoms with van der Waals surface area (Å²) in [6.45, 7) is 8.16. The molecule has 2 aromatic heterocycles. The lowest BCUT2D eigenvalue weighted by molar-refractivity contribution is -0.147. The summed E-state index contributed by atoms with van der Waals surface area (Å²) in [4.78, 5) is 71.4. The summed E-state index contributed by atoms with van der Waals surface area (Å²) in [5.41, 5.74) is 4.35. The average Bonchev–Trinajstić information content (AvgIpc) is 4.07. The standard InChI is InChI=1S/C45H56F2N8O6/c1-26(2)23-32(52-42(58)59)40(56)55-36(16-17-44(55)18-20-45(46,47)21-19-44)39-49-25-34(51-39)31-14-10-29(11-15-31)28-8-12-30(13-9-28)33-24-48-38(50-33)35-7-6-22-54(35)41(57)37(27(3)4)53-43(60)61-5/h8-15,24-27,32,35-37,52H,6-7,16-23H2,1-5H3,(H,48,50)(H,49,51)(H,53,60)(H,58,59)/t32-,35-,36?,37-/m0/s1. The molecule has 2 aliphatic heterocycles. The second-order valence-corrected chi connectivity index (χ2v) is 17.5. The van der Waals surface area contributed by atoms with E-state index in [0.29, 0.717) is 36.7 Å². The molecule has 7 rings (SSSR count). The summed E-state index contributed by atoms with van der Waals surface area (Å²) in [5.74, 6) is -2.23. The number of hydrogen-bond acceptors (Lipinski definition) is 7. The van der Waals surface area contributed by atoms with Gasteiger partial charge in [0.15, 0.2) is 0 Å². The van der Waals surface area contributed by atoms with Gasteiger partial charge in [-0.1, -0.05) is 76.2 Å². The Hall–Kier alpha value is -5.80. The van der Waals surface area contributed by atoms with Gasteiger partial charge in [-0.25, -0.2) is 28.3 Å². The van der Waals surface area contributed by atoms with Crippen molar-refractivity contribution in [2.45, 2.75) is 121 Å². The van der Waals surface area contributed by atoms with Crippen LogP contribution < -0.4 is 10.6 Å². The zero-order valence-electron chi connectivity index (χ0n) is 35.3. The van der Waals surface area contributed by atoms with E-state index in [-0.39, 0.29) is 55.9 Å². The molecule has 0 bridgehead atoms. The van der Waals surface area contributed by atoms with Gasteiger partial charge in [-0.05, 0) is 67.9 Å². The molecular formula is C45H56F2N8O6. The molecule has 326 valence electrons. The fourth-order valence-electron chi connectivity index (χ4n) is 9.38. The highest BCUT2D eigenvalue weighted by atomic mass is 19.3. The van der Waals surface area contributed by atoms with E-state index in [1.807, 2.05) is 82.4 Å². The third kappa shape index (κ3) is 9.27. The van der Waals surface area contributed by atoms with E-state index in [9.17, 15) is 33.1 Å². The number of benzene rings is 2. The van der Waals surface area contributed by atoms with Crippen LogP contribution in [0.15, 0.2) is 60.9 Å². The number of carbonyl (C=O) groups is 4. The smallest absolute Gasteiger partial charge is 0.407 e. The molecule has 1 unspecified atom stereocenters. The van der Waals surface area contributed by atoms with E-state index in [2.05, 4.69) is 20.6 Å². The number of likely N-dealkylation sites (tertiary alicyclic amines) is 2. The Morgan fingerprint density at radius 3 is 1.84 bits per heavy atom. The fourth-order valence-corrected chi connectivity index (χ4v) is 9.38. The zero-order chi connectivity index (χ0) is 43.6. The predicted octanol–water partition coefficient (Wildman–Crippen LogP) is 8.47. The number of hydrogen-bond donors (Lipinski definition) is 5. The van der Waals surface area contributed by atoms with Crippen LogP contribution in [0.4, 0.5) is 18.4 Å². The minimum absolute atomic E-state index is 0.0191. The molecule has 16 heteroatoms. The molecule has 4 atom stereocenters. The molecule has 1 spiro atoms. The number of rotatable bonds is 12. The van der Waals surface area contributed by atoms with Crippen LogP contribution in [0.25, 0.3) is 33.6 Å². The van der Waals surface area contributed by atoms with E-state index in [4.69, 9.17) is 14.7 Å². The molecule has 1 aliphatic carbocycles. The van der Waals surface area contributed by atoms with Gasteiger partial charge in [0.25, 0.3) is 0 Å². The summed E-state index contributed by atoms with van der Waals surface area (Å²) >= 11 is 0. The minimum atomic E-state index is -2.79. The SMILES string of the molecule is COC(=O)N[C@H](C(=O)N1CCC[C@H]1c1nc(-c2ccc(-c3ccc(-c4c[nH]c(C5CCC6(CCC(F)(F)CC6)N5C(=O)[C@H](CC(C)C)NC(=O)O)n4)cc3)cc2)c[nH]1)C(C)C. The van der Waals surface area contributed by atoms with E-state index >= 15 is 0 Å². The number of halogens is 2. The Bertz CT molecular complexity index is 2190. The van der Waals surface area contributed by atoms with Gasteiger partial charge in [0.1, 0.15) is 23.7 Å². The van der Waals surface area contributed by atoms with Gasteiger partial charge < -0.3 is 40.2 Å². The normalized spacial score (nSPS) is 20.5. The third-order valence-electron chi connectivity index (χ3n) is 12.6. The number of alkyl halides is 2. The number of aromatic nitrogens is 4. The Balaban J connectivity index is 1.05. The second kappa shape index (κ2) is 17.7. The number of aromatic amines is 2. The maximum absolute atomic E-state index is 14.4. The van der Waals surface area contributed by atoms with E-state index in [1.165, 1.54) is 7.11 Å². The number of carboxylic acid groups (broad SMARTS) is 1. The van der Waals surface area contributed by atoms with Gasteiger partial charge in [-0.15, -0.1) is 0 Å². The number of alkyl carbamates (subject to hydrolysis) is 1. The van der Waals surface area contributed by atoms with E-state index in [1.54, 1.807) is 16.0 Å². The number of ether oxygens (including phenoxy) is 1. The summed E-state index contributed by atoms with van der Waals surface area (Å²) < 4.78 is 33.6. The van der Waals surface area contributed by atoms with Crippen LogP contribution in [0, 0.1) is 11.8 Å². The van der Waals surface area contributed by atoms with Gasteiger partial charge >= 0.3 is 12.2 Å². The van der Waals surface area contributed by atoms with Gasteiger partial charge in [0.2, 0.25) is 17.7 Å². The molecule has 3 aliphatic rings. The number of methoxy groups -OCH3 is 1. The van der Waals surface area contributed by atoms with Crippen molar-refractivity contribution in [2.24, 2.45) is 11.8 Å². The highest BCUT2D eigenvalue weighted by Gasteiger charge is 2.55. The molecule has 61 heavy (non-hydrogen) atoms. The summed E-state index contributed by atoms with van der Waals surface area (Å²) in [6, 6.07) is 13.5. The summed E-state index contributed by atoms with van der Waals surface area (Å²) in [5, 5.41) is 14.7. The van der Waals surface area contributed by atoms with Crippen molar-refractivity contribution in [3.8, 4) is 33.6 Å². The van der Waals surface area contributed by atoms with E-state index < -0.39 is 47.7 Å². The van der Waals surface area contributed by atoms with Crippen LogP contribution in [-0.2, 0) is 14.3 Å². The third-order valence-corrected chi connectivity index (χ3v) is 12.6. The topological polar surface area (TPSA) is 186 Å². The van der Waals surface area contributed by atoms with Crippen LogP contribution in [0.5, 0.6) is 0 Å². The van der Waals surface area contributed by atoms with Gasteiger partial charge in [-0.2, -0.15) is 0 Å². The molecule has 4 heterocycles. The molecule has 2 saturated heterocycles. The molecule has 4 aromatic rings. The average molecular weight is 843 g/mol. The van der Waals surface area contributed by atoms with Crippen LogP contribution in [0.2, 0.25) is 0 Å². The highest BCUT2D eigenvalue weighted by molar-refractivity contribution is 5.87. The Labute approximate surface area is 354 Å². The first-order chi connectivity index (χ1) is 29.1. The van der Waals surface area contributed by atoms with Crippen molar-refractivity contribution in [1.29, 1.82) is 0 Å². The fraction of sp³-hybridized carbons (Fsp3) is 0.511. The number of amides is 4. The Morgan fingerprint density at radius 2 is 1.33 bits per heavy atom. The minimum Gasteiger partial charge on any atom is -0.465 e. The summed E-state index contributed by atoms with van der Waals surface area (Å²) in [7, 11) is 1.28. The molecule has 14 nitrogen and oxygen atoms in total. The lowest BCUT2D eigenvalue weighted by Crippen LogP contribution is -2.57. The Kier molecular flexibility index (Phi) is 12.5.